The molecule has 226 valence electrons. The van der Waals surface area contributed by atoms with Gasteiger partial charge in [0.05, 0.1) is 30.6 Å². The molecule has 0 saturated heterocycles. The van der Waals surface area contributed by atoms with Crippen LogP contribution in [-0.2, 0) is 11.2 Å². The molecule has 1 aliphatic rings. The Hall–Kier alpha value is -4.23. The van der Waals surface area contributed by atoms with Crippen molar-refractivity contribution >= 4 is 16.8 Å². The Kier molecular flexibility index (Phi) is 7.59. The first-order chi connectivity index (χ1) is 20.1. The van der Waals surface area contributed by atoms with Gasteiger partial charge in [0.25, 0.3) is 5.91 Å². The fourth-order valence-corrected chi connectivity index (χ4v) is 4.64. The van der Waals surface area contributed by atoms with Crippen molar-refractivity contribution in [3.63, 3.8) is 0 Å². The molecular weight excluding hydrogens is 575 g/mol. The summed E-state index contributed by atoms with van der Waals surface area (Å²) in [6, 6.07) is 9.15. The van der Waals surface area contributed by atoms with Crippen molar-refractivity contribution < 1.29 is 41.7 Å². The number of benzene rings is 2. The van der Waals surface area contributed by atoms with Gasteiger partial charge < -0.3 is 20.3 Å². The Bertz CT molecular complexity index is 1700. The average molecular weight is 603 g/mol. The molecule has 0 spiro atoms. The van der Waals surface area contributed by atoms with Gasteiger partial charge in [-0.2, -0.15) is 18.3 Å². The second-order valence-electron chi connectivity index (χ2n) is 11.0. The predicted octanol–water partition coefficient (Wildman–Crippen LogP) is 5.26. The topological polar surface area (TPSA) is 117 Å². The van der Waals surface area contributed by atoms with E-state index >= 15 is 4.39 Å². The van der Waals surface area contributed by atoms with Crippen molar-refractivity contribution in [2.45, 2.75) is 50.0 Å². The molecule has 1 fully saturated rings. The number of aliphatic hydroxyl groups is 2. The summed E-state index contributed by atoms with van der Waals surface area (Å²) >= 11 is 0. The quantitative estimate of drug-likeness (QED) is 0.236. The molecule has 43 heavy (non-hydrogen) atoms. The normalized spacial score (nSPS) is 15.3. The van der Waals surface area contributed by atoms with Crippen molar-refractivity contribution in [3.8, 4) is 17.0 Å². The summed E-state index contributed by atoms with van der Waals surface area (Å²) in [7, 11) is 1.34. The van der Waals surface area contributed by atoms with Gasteiger partial charge in [-0.1, -0.05) is 0 Å². The fourth-order valence-electron chi connectivity index (χ4n) is 4.64. The highest BCUT2D eigenvalue weighted by Crippen LogP contribution is 2.42. The minimum atomic E-state index is -5.42. The molecule has 1 saturated carbocycles. The van der Waals surface area contributed by atoms with Crippen LogP contribution in [0.5, 0.6) is 5.75 Å². The van der Waals surface area contributed by atoms with Gasteiger partial charge in [-0.3, -0.25) is 4.79 Å². The number of ether oxygens (including phenoxy) is 1. The summed E-state index contributed by atoms with van der Waals surface area (Å²) in [6.45, 7) is 0.874. The van der Waals surface area contributed by atoms with E-state index in [1.165, 1.54) is 19.2 Å². The molecule has 2 aromatic carbocycles. The first kappa shape index (κ1) is 30.2. The molecule has 0 aliphatic heterocycles. The minimum absolute atomic E-state index is 0.0696. The van der Waals surface area contributed by atoms with E-state index < -0.39 is 58.4 Å². The van der Waals surface area contributed by atoms with Crippen LogP contribution in [0.15, 0.2) is 48.5 Å². The molecule has 4 aromatic rings. The summed E-state index contributed by atoms with van der Waals surface area (Å²) < 4.78 is 77.9. The second-order valence-corrected chi connectivity index (χ2v) is 11.0. The summed E-state index contributed by atoms with van der Waals surface area (Å²) in [4.78, 5) is 16.9. The lowest BCUT2D eigenvalue weighted by Gasteiger charge is -2.32. The number of halogens is 5. The van der Waals surface area contributed by atoms with Gasteiger partial charge in [-0.15, -0.1) is 5.10 Å². The van der Waals surface area contributed by atoms with E-state index in [0.717, 1.165) is 56.6 Å². The Morgan fingerprint density at radius 2 is 1.70 bits per heavy atom. The van der Waals surface area contributed by atoms with Crippen molar-refractivity contribution in [1.29, 1.82) is 0 Å². The van der Waals surface area contributed by atoms with E-state index in [2.05, 4.69) is 20.5 Å². The number of carbonyl (C=O) groups is 1. The number of nitrogens with one attached hydrogen (secondary N) is 1. The lowest BCUT2D eigenvalue weighted by Crippen LogP contribution is -2.51. The fraction of sp³-hybridized carbons (Fsp3) is 0.333. The van der Waals surface area contributed by atoms with E-state index in [1.54, 1.807) is 6.07 Å². The molecule has 2 aromatic heterocycles. The molecule has 3 N–H and O–H groups in total. The number of alkyl halides is 3. The number of fused-ring (bicyclic) bond motifs is 1. The van der Waals surface area contributed by atoms with Gasteiger partial charge in [0.15, 0.2) is 5.82 Å². The van der Waals surface area contributed by atoms with Crippen molar-refractivity contribution in [3.05, 3.63) is 82.7 Å². The van der Waals surface area contributed by atoms with Crippen LogP contribution in [0.25, 0.3) is 22.2 Å². The molecule has 0 radical (unpaired) electrons. The zero-order valence-corrected chi connectivity index (χ0v) is 23.3. The highest BCUT2D eigenvalue weighted by atomic mass is 19.4. The van der Waals surface area contributed by atoms with Gasteiger partial charge in [0.2, 0.25) is 5.60 Å². The Morgan fingerprint density at radius 3 is 2.28 bits per heavy atom. The number of nitrogens with zero attached hydrogens (tertiary/aromatic N) is 3. The Morgan fingerprint density at radius 1 is 1.02 bits per heavy atom. The molecule has 0 bridgehead atoms. The van der Waals surface area contributed by atoms with Crippen molar-refractivity contribution in [2.75, 3.05) is 13.7 Å². The molecule has 1 aliphatic carbocycles. The van der Waals surface area contributed by atoms with Crippen LogP contribution < -0.4 is 10.1 Å². The van der Waals surface area contributed by atoms with Crippen LogP contribution >= 0.6 is 0 Å². The zero-order chi connectivity index (χ0) is 31.3. The Labute approximate surface area is 242 Å². The van der Waals surface area contributed by atoms with E-state index in [0.29, 0.717) is 17.0 Å². The number of amides is 1. The predicted molar refractivity (Wildman–Crippen MR) is 145 cm³/mol. The third-order valence-electron chi connectivity index (χ3n) is 7.28. The molecule has 13 heteroatoms. The summed E-state index contributed by atoms with van der Waals surface area (Å²) in [5, 5.41) is 32.6. The molecule has 2 heterocycles. The zero-order valence-electron chi connectivity index (χ0n) is 23.3. The number of pyridine rings is 1. The maximum absolute atomic E-state index is 15.5. The molecule has 1 atom stereocenters. The largest absolute Gasteiger partial charge is 0.494 e. The van der Waals surface area contributed by atoms with E-state index in [-0.39, 0.29) is 22.8 Å². The van der Waals surface area contributed by atoms with Crippen molar-refractivity contribution in [2.24, 2.45) is 0 Å². The summed E-state index contributed by atoms with van der Waals surface area (Å²) in [5.41, 5.74) is -7.26. The van der Waals surface area contributed by atoms with Crippen LogP contribution in [0, 0.1) is 11.6 Å². The molecular formula is C30H27F5N4O4. The van der Waals surface area contributed by atoms with Gasteiger partial charge >= 0.3 is 6.18 Å². The standard InChI is InChI=1S/C30H27F5N4O4/c1-28(2,41)20-13-23(37-26(24(20)32)16-6-8-19(31)9-7-16)29(42,30(33,34)35)14-36-27(40)18-10-17-11-21(15-4-5-15)38-39-25(17)22(12-18)43-3/h6-13,15,41-42H,4-5,14H2,1-3H3,(H,36,40). The summed E-state index contributed by atoms with van der Waals surface area (Å²) in [5.74, 6) is -2.40. The molecule has 1 amide bonds. The lowest BCUT2D eigenvalue weighted by molar-refractivity contribution is -0.265. The number of methoxy groups -OCH3 is 1. The first-order valence-corrected chi connectivity index (χ1v) is 13.2. The maximum atomic E-state index is 15.5. The molecule has 1 unspecified atom stereocenters. The number of aromatic nitrogens is 3. The van der Waals surface area contributed by atoms with E-state index in [9.17, 15) is 32.6 Å². The monoisotopic (exact) mass is 602 g/mol. The number of hydrogen-bond acceptors (Lipinski definition) is 7. The van der Waals surface area contributed by atoms with Crippen LogP contribution in [0.2, 0.25) is 0 Å². The number of hydrogen-bond donors (Lipinski definition) is 3. The number of carbonyl (C=O) groups excluding carboxylic acids is 1. The third kappa shape index (κ3) is 5.87. The first-order valence-electron chi connectivity index (χ1n) is 13.2. The summed E-state index contributed by atoms with van der Waals surface area (Å²) in [6.07, 6.45) is -3.52. The Balaban J connectivity index is 1.54. The number of rotatable bonds is 8. The van der Waals surface area contributed by atoms with E-state index in [1.807, 2.05) is 0 Å². The average Bonchev–Trinajstić information content (AvgIpc) is 3.80. The van der Waals surface area contributed by atoms with Crippen LogP contribution in [-0.4, -0.2) is 51.1 Å². The van der Waals surface area contributed by atoms with Crippen LogP contribution in [0.3, 0.4) is 0 Å². The highest BCUT2D eigenvalue weighted by Gasteiger charge is 2.57. The van der Waals surface area contributed by atoms with Crippen molar-refractivity contribution in [1.82, 2.24) is 20.5 Å². The molecule has 8 nitrogen and oxygen atoms in total. The maximum Gasteiger partial charge on any atom is 0.424 e. The highest BCUT2D eigenvalue weighted by molar-refractivity contribution is 6.00. The minimum Gasteiger partial charge on any atom is -0.494 e. The molecule has 5 rings (SSSR count). The van der Waals surface area contributed by atoms with Crippen LogP contribution in [0.4, 0.5) is 22.0 Å². The third-order valence-corrected chi connectivity index (χ3v) is 7.28. The van der Waals surface area contributed by atoms with E-state index in [4.69, 9.17) is 4.74 Å². The van der Waals surface area contributed by atoms with Gasteiger partial charge in [0.1, 0.15) is 22.8 Å². The lowest BCUT2D eigenvalue weighted by atomic mass is 9.90. The SMILES string of the molecule is COc1cc(C(=O)NCC(O)(c2cc(C(C)(C)O)c(F)c(-c3ccc(F)cc3)n2)C(F)(F)F)cc2cc(C3CC3)nnc12. The van der Waals surface area contributed by atoms with Gasteiger partial charge in [-0.05, 0) is 75.2 Å². The smallest absolute Gasteiger partial charge is 0.424 e. The van der Waals surface area contributed by atoms with Gasteiger partial charge in [0, 0.05) is 28.0 Å². The second kappa shape index (κ2) is 10.8. The van der Waals surface area contributed by atoms with Crippen LogP contribution in [0.1, 0.15) is 59.9 Å². The van der Waals surface area contributed by atoms with Gasteiger partial charge in [-0.25, -0.2) is 13.8 Å².